The van der Waals surface area contributed by atoms with Crippen molar-refractivity contribution in [2.75, 3.05) is 11.9 Å². The molecule has 0 unspecified atom stereocenters. The molecule has 3 rings (SSSR count). The number of ether oxygens (including phenoxy) is 1. The first-order chi connectivity index (χ1) is 12.1. The summed E-state index contributed by atoms with van der Waals surface area (Å²) in [6.07, 6.45) is -0.0689. The Morgan fingerprint density at radius 3 is 2.52 bits per heavy atom. The van der Waals surface area contributed by atoms with Crippen LogP contribution in [0.5, 0.6) is 5.75 Å². The van der Waals surface area contributed by atoms with Crippen LogP contribution in [0.2, 0.25) is 0 Å². The highest BCUT2D eigenvalue weighted by Gasteiger charge is 2.15. The number of carboxylic acid groups (broad SMARTS) is 1. The highest BCUT2D eigenvalue weighted by Crippen LogP contribution is 2.23. The van der Waals surface area contributed by atoms with Crippen LogP contribution in [0.3, 0.4) is 0 Å². The molecule has 6 nitrogen and oxygen atoms in total. The molecule has 0 saturated carbocycles. The summed E-state index contributed by atoms with van der Waals surface area (Å²) in [6.45, 7) is 2.46. The van der Waals surface area contributed by atoms with E-state index >= 15 is 0 Å². The molecule has 0 aliphatic rings. The molecule has 1 heterocycles. The molecular formula is C19H17N2O4-. The maximum Gasteiger partial charge on any atom is 0.228 e. The SMILES string of the molecule is CCOc1ccc(NC(=O)Cc2c(C(=O)[O-])[nH]c3ccccc23)cc1. The topological polar surface area (TPSA) is 94.2 Å². The molecule has 6 heteroatoms. The average Bonchev–Trinajstić information content (AvgIpc) is 2.96. The number of hydrogen-bond acceptors (Lipinski definition) is 4. The van der Waals surface area contributed by atoms with Crippen LogP contribution in [0.4, 0.5) is 5.69 Å². The lowest BCUT2D eigenvalue weighted by molar-refractivity contribution is -0.255. The highest BCUT2D eigenvalue weighted by atomic mass is 16.5. The molecule has 3 aromatic rings. The van der Waals surface area contributed by atoms with Gasteiger partial charge in [-0.2, -0.15) is 0 Å². The third-order valence-electron chi connectivity index (χ3n) is 3.80. The van der Waals surface area contributed by atoms with Crippen LogP contribution in [0, 0.1) is 0 Å². The van der Waals surface area contributed by atoms with Crippen LogP contribution in [0.25, 0.3) is 10.9 Å². The Morgan fingerprint density at radius 1 is 1.12 bits per heavy atom. The second-order valence-electron chi connectivity index (χ2n) is 5.49. The Bertz CT molecular complexity index is 913. The molecule has 0 fully saturated rings. The van der Waals surface area contributed by atoms with Gasteiger partial charge in [-0.15, -0.1) is 0 Å². The van der Waals surface area contributed by atoms with Gasteiger partial charge in [-0.25, -0.2) is 0 Å². The third-order valence-corrected chi connectivity index (χ3v) is 3.80. The number of carbonyl (C=O) groups is 2. The van der Waals surface area contributed by atoms with E-state index in [1.807, 2.05) is 6.92 Å². The lowest BCUT2D eigenvalue weighted by Gasteiger charge is -2.08. The third kappa shape index (κ3) is 3.63. The van der Waals surface area contributed by atoms with Crippen molar-refractivity contribution in [1.82, 2.24) is 4.98 Å². The van der Waals surface area contributed by atoms with Gasteiger partial charge in [-0.3, -0.25) is 4.79 Å². The molecule has 128 valence electrons. The zero-order valence-corrected chi connectivity index (χ0v) is 13.7. The molecule has 0 bridgehead atoms. The van der Waals surface area contributed by atoms with Gasteiger partial charge in [0.2, 0.25) is 5.91 Å². The lowest BCUT2D eigenvalue weighted by atomic mass is 10.1. The van der Waals surface area contributed by atoms with E-state index in [4.69, 9.17) is 4.74 Å². The maximum atomic E-state index is 12.3. The van der Waals surface area contributed by atoms with Gasteiger partial charge in [0, 0.05) is 16.6 Å². The van der Waals surface area contributed by atoms with Gasteiger partial charge in [-0.05, 0) is 42.8 Å². The second-order valence-corrected chi connectivity index (χ2v) is 5.49. The first-order valence-electron chi connectivity index (χ1n) is 7.92. The molecule has 1 aromatic heterocycles. The van der Waals surface area contributed by atoms with Gasteiger partial charge in [0.25, 0.3) is 0 Å². The monoisotopic (exact) mass is 337 g/mol. The summed E-state index contributed by atoms with van der Waals surface area (Å²) in [5, 5.41) is 14.8. The predicted molar refractivity (Wildman–Crippen MR) is 92.6 cm³/mol. The molecule has 0 spiro atoms. The quantitative estimate of drug-likeness (QED) is 0.720. The molecule has 2 N–H and O–H groups in total. The van der Waals surface area contributed by atoms with Crippen molar-refractivity contribution >= 4 is 28.5 Å². The van der Waals surface area contributed by atoms with E-state index < -0.39 is 5.97 Å². The van der Waals surface area contributed by atoms with Crippen LogP contribution in [-0.4, -0.2) is 23.5 Å². The summed E-state index contributed by atoms with van der Waals surface area (Å²) in [5.74, 6) is -0.923. The van der Waals surface area contributed by atoms with Crippen molar-refractivity contribution < 1.29 is 19.4 Å². The lowest BCUT2D eigenvalue weighted by Crippen LogP contribution is -2.25. The van der Waals surface area contributed by atoms with Gasteiger partial charge < -0.3 is 24.9 Å². The smallest absolute Gasteiger partial charge is 0.228 e. The number of rotatable bonds is 6. The Kier molecular flexibility index (Phi) is 4.70. The van der Waals surface area contributed by atoms with E-state index in [0.717, 1.165) is 5.75 Å². The van der Waals surface area contributed by atoms with E-state index in [-0.39, 0.29) is 18.0 Å². The zero-order valence-electron chi connectivity index (χ0n) is 13.7. The Labute approximate surface area is 144 Å². The molecule has 25 heavy (non-hydrogen) atoms. The van der Waals surface area contributed by atoms with Crippen LogP contribution in [0.15, 0.2) is 48.5 Å². The number of hydrogen-bond donors (Lipinski definition) is 2. The van der Waals surface area contributed by atoms with E-state index in [1.165, 1.54) is 0 Å². The van der Waals surface area contributed by atoms with E-state index in [0.29, 0.717) is 28.8 Å². The number of nitrogens with one attached hydrogen (secondary N) is 2. The van der Waals surface area contributed by atoms with Crippen molar-refractivity contribution in [2.45, 2.75) is 13.3 Å². The minimum absolute atomic E-state index is 0.0666. The van der Waals surface area contributed by atoms with Crippen LogP contribution >= 0.6 is 0 Å². The number of aromatic amines is 1. The molecule has 0 atom stereocenters. The number of carbonyl (C=O) groups excluding carboxylic acids is 2. The number of H-pyrrole nitrogens is 1. The van der Waals surface area contributed by atoms with E-state index in [1.54, 1.807) is 48.5 Å². The van der Waals surface area contributed by atoms with Crippen molar-refractivity contribution in [3.8, 4) is 5.75 Å². The second kappa shape index (κ2) is 7.09. The van der Waals surface area contributed by atoms with Gasteiger partial charge in [0.15, 0.2) is 0 Å². The fraction of sp³-hybridized carbons (Fsp3) is 0.158. The fourth-order valence-corrected chi connectivity index (χ4v) is 2.72. The van der Waals surface area contributed by atoms with Crippen LogP contribution in [0.1, 0.15) is 23.0 Å². The first-order valence-corrected chi connectivity index (χ1v) is 7.92. The average molecular weight is 337 g/mol. The van der Waals surface area contributed by atoms with Crippen LogP contribution in [-0.2, 0) is 11.2 Å². The van der Waals surface area contributed by atoms with Gasteiger partial charge in [0.05, 0.1) is 24.7 Å². The largest absolute Gasteiger partial charge is 0.543 e. The number of aromatic nitrogens is 1. The minimum Gasteiger partial charge on any atom is -0.543 e. The predicted octanol–water partition coefficient (Wildman–Crippen LogP) is 2.11. The number of amides is 1. The normalized spacial score (nSPS) is 10.6. The van der Waals surface area contributed by atoms with Crippen molar-refractivity contribution in [1.29, 1.82) is 0 Å². The van der Waals surface area contributed by atoms with Crippen molar-refractivity contribution in [3.63, 3.8) is 0 Å². The fourth-order valence-electron chi connectivity index (χ4n) is 2.72. The molecule has 0 aliphatic carbocycles. The summed E-state index contributed by atoms with van der Waals surface area (Å²) in [4.78, 5) is 26.5. The molecule has 0 saturated heterocycles. The molecular weight excluding hydrogens is 320 g/mol. The van der Waals surface area contributed by atoms with E-state index in [9.17, 15) is 14.7 Å². The summed E-state index contributed by atoms with van der Waals surface area (Å²) in [6, 6.07) is 14.1. The Balaban J connectivity index is 1.79. The summed E-state index contributed by atoms with van der Waals surface area (Å²) >= 11 is 0. The molecule has 2 aromatic carbocycles. The number of anilines is 1. The number of para-hydroxylation sites is 1. The highest BCUT2D eigenvalue weighted by molar-refractivity contribution is 6.01. The molecule has 1 amide bonds. The number of aromatic carboxylic acids is 1. The minimum atomic E-state index is -1.33. The molecule has 0 radical (unpaired) electrons. The van der Waals surface area contributed by atoms with Gasteiger partial charge in [0.1, 0.15) is 5.75 Å². The van der Waals surface area contributed by atoms with E-state index in [2.05, 4.69) is 10.3 Å². The summed E-state index contributed by atoms with van der Waals surface area (Å²) < 4.78 is 5.35. The Morgan fingerprint density at radius 2 is 1.84 bits per heavy atom. The van der Waals surface area contributed by atoms with Crippen molar-refractivity contribution in [3.05, 3.63) is 59.8 Å². The number of fused-ring (bicyclic) bond motifs is 1. The maximum absolute atomic E-state index is 12.3. The standard InChI is InChI=1S/C19H18N2O4/c1-2-25-13-9-7-12(8-10-13)20-17(22)11-15-14-5-3-4-6-16(14)21-18(15)19(23)24/h3-10,21H,2,11H2,1H3,(H,20,22)(H,23,24)/p-1. The number of carboxylic acids is 1. The van der Waals surface area contributed by atoms with Gasteiger partial charge in [-0.1, -0.05) is 18.2 Å². The van der Waals surface area contributed by atoms with Crippen molar-refractivity contribution in [2.24, 2.45) is 0 Å². The first kappa shape index (κ1) is 16.6. The zero-order chi connectivity index (χ0) is 17.8. The summed E-state index contributed by atoms with van der Waals surface area (Å²) in [7, 11) is 0. The number of benzene rings is 2. The van der Waals surface area contributed by atoms with Crippen LogP contribution < -0.4 is 15.2 Å². The Hall–Kier alpha value is -3.28. The van der Waals surface area contributed by atoms with Gasteiger partial charge >= 0.3 is 0 Å². The summed E-state index contributed by atoms with van der Waals surface area (Å²) in [5.41, 5.74) is 1.62. The molecule has 0 aliphatic heterocycles.